The van der Waals surface area contributed by atoms with E-state index >= 15 is 0 Å². The van der Waals surface area contributed by atoms with E-state index in [1.165, 1.54) is 12.2 Å². The van der Waals surface area contributed by atoms with E-state index in [1.807, 2.05) is 48.5 Å². The van der Waals surface area contributed by atoms with Gasteiger partial charge in [-0.1, -0.05) is 104 Å². The predicted molar refractivity (Wildman–Crippen MR) is 244 cm³/mol. The largest absolute Gasteiger partial charge is 0.494 e. The molecular formula is C52H70N2O6. The Kier molecular flexibility index (Phi) is 20.1. The maximum atomic E-state index is 13.2. The van der Waals surface area contributed by atoms with E-state index < -0.39 is 0 Å². The van der Waals surface area contributed by atoms with Crippen LogP contribution in [0.1, 0.15) is 115 Å². The summed E-state index contributed by atoms with van der Waals surface area (Å²) in [6.07, 6.45) is 6.53. The van der Waals surface area contributed by atoms with Crippen molar-refractivity contribution in [3.63, 3.8) is 0 Å². The maximum absolute atomic E-state index is 13.2. The summed E-state index contributed by atoms with van der Waals surface area (Å²) in [5.41, 5.74) is 4.16. The van der Waals surface area contributed by atoms with E-state index in [2.05, 4.69) is 115 Å². The summed E-state index contributed by atoms with van der Waals surface area (Å²) >= 11 is 0. The lowest BCUT2D eigenvalue weighted by atomic mass is 9.91. The van der Waals surface area contributed by atoms with Crippen LogP contribution in [0.2, 0.25) is 0 Å². The lowest BCUT2D eigenvalue weighted by Crippen LogP contribution is -2.29. The molecule has 0 unspecified atom stereocenters. The molecule has 8 heteroatoms. The van der Waals surface area contributed by atoms with Gasteiger partial charge in [-0.3, -0.25) is 9.59 Å². The van der Waals surface area contributed by atoms with Crippen LogP contribution in [0.25, 0.3) is 0 Å². The highest BCUT2D eigenvalue weighted by molar-refractivity contribution is 5.96. The number of ether oxygens (including phenoxy) is 4. The predicted octanol–water partition coefficient (Wildman–Crippen LogP) is 11.1. The zero-order chi connectivity index (χ0) is 43.3. The Bertz CT molecular complexity index is 1600. The monoisotopic (exact) mass is 819 g/mol. The smallest absolute Gasteiger partial charge is 0.244 e. The SMILES string of the molecule is CC(C)CCOc1ccc(C(CNC(=O)/C=C/C(=O)NCC(c2ccc(OCCC(C)C)cc2)c2ccc(OCCC(C)C)cc2)c2ccc(OCCC(C)C)cc2)cc1. The van der Waals surface area contributed by atoms with E-state index in [-0.39, 0.29) is 23.7 Å². The molecule has 0 heterocycles. The van der Waals surface area contributed by atoms with Gasteiger partial charge in [-0.2, -0.15) is 0 Å². The quantitative estimate of drug-likeness (QED) is 0.0613. The Morgan fingerprint density at radius 2 is 0.617 bits per heavy atom. The number of rotatable bonds is 26. The minimum atomic E-state index is -0.352. The van der Waals surface area contributed by atoms with E-state index in [9.17, 15) is 9.59 Å². The first-order chi connectivity index (χ1) is 28.9. The summed E-state index contributed by atoms with van der Waals surface area (Å²) in [7, 11) is 0. The number of hydrogen-bond donors (Lipinski definition) is 2. The third-order valence-corrected chi connectivity index (χ3v) is 10.3. The molecule has 0 spiro atoms. The van der Waals surface area contributed by atoms with Gasteiger partial charge in [0.15, 0.2) is 0 Å². The Morgan fingerprint density at radius 1 is 0.400 bits per heavy atom. The highest BCUT2D eigenvalue weighted by atomic mass is 16.5. The van der Waals surface area contributed by atoms with Crippen LogP contribution in [-0.2, 0) is 9.59 Å². The van der Waals surface area contributed by atoms with Crippen molar-refractivity contribution in [3.8, 4) is 23.0 Å². The first-order valence-electron chi connectivity index (χ1n) is 22.0. The van der Waals surface area contributed by atoms with Crippen molar-refractivity contribution in [1.29, 1.82) is 0 Å². The molecule has 0 atom stereocenters. The van der Waals surface area contributed by atoms with E-state index in [1.54, 1.807) is 0 Å². The van der Waals surface area contributed by atoms with Crippen molar-refractivity contribution in [2.75, 3.05) is 39.5 Å². The highest BCUT2D eigenvalue weighted by Gasteiger charge is 2.18. The van der Waals surface area contributed by atoms with Crippen LogP contribution in [0.5, 0.6) is 23.0 Å². The van der Waals surface area contributed by atoms with Gasteiger partial charge in [0.25, 0.3) is 0 Å². The molecule has 0 aromatic heterocycles. The second-order valence-corrected chi connectivity index (χ2v) is 17.3. The molecule has 0 saturated carbocycles. The van der Waals surface area contributed by atoms with Gasteiger partial charge in [0.05, 0.1) is 26.4 Å². The summed E-state index contributed by atoms with van der Waals surface area (Å²) in [6, 6.07) is 32.3. The molecule has 0 fully saturated rings. The molecule has 0 saturated heterocycles. The van der Waals surface area contributed by atoms with Crippen molar-refractivity contribution >= 4 is 11.8 Å². The Hall–Kier alpha value is -5.24. The van der Waals surface area contributed by atoms with Gasteiger partial charge in [-0.15, -0.1) is 0 Å². The van der Waals surface area contributed by atoms with Crippen molar-refractivity contribution in [2.24, 2.45) is 23.7 Å². The van der Waals surface area contributed by atoms with Crippen LogP contribution in [0.4, 0.5) is 0 Å². The number of benzene rings is 4. The molecule has 8 nitrogen and oxygen atoms in total. The summed E-state index contributed by atoms with van der Waals surface area (Å²) in [6.45, 7) is 20.8. The molecule has 2 N–H and O–H groups in total. The fourth-order valence-electron chi connectivity index (χ4n) is 6.37. The number of nitrogens with one attached hydrogen (secondary N) is 2. The van der Waals surface area contributed by atoms with Crippen LogP contribution in [0, 0.1) is 23.7 Å². The molecule has 2 amide bonds. The molecule has 4 aromatic rings. The molecule has 4 rings (SSSR count). The van der Waals surface area contributed by atoms with Crippen LogP contribution in [-0.4, -0.2) is 51.3 Å². The molecule has 0 aliphatic carbocycles. The normalized spacial score (nSPS) is 11.6. The molecule has 0 radical (unpaired) electrons. The molecule has 0 bridgehead atoms. The van der Waals surface area contributed by atoms with Crippen LogP contribution < -0.4 is 29.6 Å². The summed E-state index contributed by atoms with van der Waals surface area (Å²) in [5, 5.41) is 6.07. The topological polar surface area (TPSA) is 95.1 Å². The van der Waals surface area contributed by atoms with Crippen LogP contribution in [0.15, 0.2) is 109 Å². The second kappa shape index (κ2) is 25.4. The minimum Gasteiger partial charge on any atom is -0.494 e. The van der Waals surface area contributed by atoms with Crippen molar-refractivity contribution in [3.05, 3.63) is 131 Å². The Labute approximate surface area is 360 Å². The average Bonchev–Trinajstić information content (AvgIpc) is 3.22. The number of amides is 2. The molecule has 0 aliphatic rings. The summed E-state index contributed by atoms with van der Waals surface area (Å²) < 4.78 is 23.9. The zero-order valence-corrected chi connectivity index (χ0v) is 37.4. The Morgan fingerprint density at radius 3 is 0.817 bits per heavy atom. The fraction of sp³-hybridized carbons (Fsp3) is 0.462. The third-order valence-electron chi connectivity index (χ3n) is 10.3. The van der Waals surface area contributed by atoms with Gasteiger partial charge in [0.2, 0.25) is 11.8 Å². The highest BCUT2D eigenvalue weighted by Crippen LogP contribution is 2.30. The zero-order valence-electron chi connectivity index (χ0n) is 37.4. The molecule has 60 heavy (non-hydrogen) atoms. The van der Waals surface area contributed by atoms with Crippen molar-refractivity contribution < 1.29 is 28.5 Å². The fourth-order valence-corrected chi connectivity index (χ4v) is 6.37. The number of carbonyl (C=O) groups excluding carboxylic acids is 2. The third kappa shape index (κ3) is 17.5. The lowest BCUT2D eigenvalue weighted by Gasteiger charge is -2.20. The van der Waals surface area contributed by atoms with Gasteiger partial charge in [0, 0.05) is 37.1 Å². The van der Waals surface area contributed by atoms with E-state index in [4.69, 9.17) is 18.9 Å². The van der Waals surface area contributed by atoms with E-state index in [0.717, 1.165) is 70.9 Å². The lowest BCUT2D eigenvalue weighted by molar-refractivity contribution is -0.118. The first kappa shape index (κ1) is 47.4. The van der Waals surface area contributed by atoms with Gasteiger partial charge >= 0.3 is 0 Å². The minimum absolute atomic E-state index is 0.134. The van der Waals surface area contributed by atoms with Gasteiger partial charge in [-0.25, -0.2) is 0 Å². The van der Waals surface area contributed by atoms with Crippen LogP contribution >= 0.6 is 0 Å². The summed E-state index contributed by atoms with van der Waals surface area (Å²) in [4.78, 5) is 26.4. The first-order valence-corrected chi connectivity index (χ1v) is 22.0. The van der Waals surface area contributed by atoms with Crippen LogP contribution in [0.3, 0.4) is 0 Å². The van der Waals surface area contributed by atoms with Crippen molar-refractivity contribution in [1.82, 2.24) is 10.6 Å². The molecule has 4 aromatic carbocycles. The van der Waals surface area contributed by atoms with Gasteiger partial charge in [0.1, 0.15) is 23.0 Å². The second-order valence-electron chi connectivity index (χ2n) is 17.3. The number of carbonyl (C=O) groups is 2. The maximum Gasteiger partial charge on any atom is 0.244 e. The Balaban J connectivity index is 1.41. The van der Waals surface area contributed by atoms with Gasteiger partial charge in [-0.05, 0) is 120 Å². The molecule has 0 aliphatic heterocycles. The number of hydrogen-bond acceptors (Lipinski definition) is 6. The van der Waals surface area contributed by atoms with Crippen molar-refractivity contribution in [2.45, 2.75) is 92.9 Å². The standard InChI is InChI=1S/C52H70N2O6/c1-37(2)27-31-57-45-17-9-41(10-18-45)49(42-11-19-46(20-12-42)58-32-28-38(3)4)35-53-51(55)25-26-52(56)54-36-50(43-13-21-47(22-14-43)59-33-29-39(5)6)44-15-23-48(24-16-44)60-34-30-40(7)8/h9-26,37-40,49-50H,27-36H2,1-8H3,(H,53,55)(H,54,56)/b26-25+. The molecular weight excluding hydrogens is 749 g/mol. The van der Waals surface area contributed by atoms with E-state index in [0.29, 0.717) is 63.2 Å². The molecule has 324 valence electrons. The van der Waals surface area contributed by atoms with Gasteiger partial charge < -0.3 is 29.6 Å². The average molecular weight is 819 g/mol. The summed E-state index contributed by atoms with van der Waals surface area (Å²) in [5.74, 6) is 4.57.